The molecule has 0 aliphatic carbocycles. The zero-order chi connectivity index (χ0) is 18.6. The summed E-state index contributed by atoms with van der Waals surface area (Å²) in [6.45, 7) is 1.27. The van der Waals surface area contributed by atoms with E-state index in [0.29, 0.717) is 22.7 Å². The molecule has 25 heavy (non-hydrogen) atoms. The van der Waals surface area contributed by atoms with Gasteiger partial charge in [-0.25, -0.2) is 18.1 Å². The van der Waals surface area contributed by atoms with Crippen molar-refractivity contribution in [3.05, 3.63) is 48.5 Å². The van der Waals surface area contributed by atoms with Gasteiger partial charge >= 0.3 is 6.03 Å². The van der Waals surface area contributed by atoms with Crippen LogP contribution in [-0.4, -0.2) is 26.6 Å². The van der Waals surface area contributed by atoms with E-state index in [1.54, 1.807) is 24.3 Å². The number of urea groups is 1. The first-order chi connectivity index (χ1) is 11.7. The van der Waals surface area contributed by atoms with Crippen LogP contribution in [0.4, 0.5) is 27.5 Å². The molecule has 0 fully saturated rings. The lowest BCUT2D eigenvalue weighted by Gasteiger charge is -2.20. The van der Waals surface area contributed by atoms with Crippen molar-refractivity contribution in [3.8, 4) is 0 Å². The van der Waals surface area contributed by atoms with Gasteiger partial charge in [0, 0.05) is 24.0 Å². The molecule has 0 bridgehead atoms. The topological polar surface area (TPSA) is 122 Å². The summed E-state index contributed by atoms with van der Waals surface area (Å²) < 4.78 is 24.7. The summed E-state index contributed by atoms with van der Waals surface area (Å²) >= 11 is 0. The number of carbonyl (C=O) groups is 2. The second kappa shape index (κ2) is 7.22. The maximum Gasteiger partial charge on any atom is 0.333 e. The quantitative estimate of drug-likeness (QED) is 0.720. The van der Waals surface area contributed by atoms with Crippen molar-refractivity contribution in [2.45, 2.75) is 6.92 Å². The van der Waals surface area contributed by atoms with Crippen LogP contribution in [0.2, 0.25) is 0 Å². The average Bonchev–Trinajstić information content (AvgIpc) is 2.49. The van der Waals surface area contributed by atoms with Crippen molar-refractivity contribution in [2.24, 2.45) is 0 Å². The third-order valence-electron chi connectivity index (χ3n) is 3.11. The fourth-order valence-corrected chi connectivity index (χ4v) is 2.64. The van der Waals surface area contributed by atoms with E-state index in [0.717, 1.165) is 11.2 Å². The van der Waals surface area contributed by atoms with Gasteiger partial charge in [-0.3, -0.25) is 9.52 Å². The van der Waals surface area contributed by atoms with E-state index in [4.69, 9.17) is 5.73 Å². The Morgan fingerprint density at radius 3 is 1.96 bits per heavy atom. The van der Waals surface area contributed by atoms with Crippen LogP contribution in [0.1, 0.15) is 6.92 Å². The molecule has 0 heterocycles. The number of nitrogens with one attached hydrogen (secondary N) is 2. The molecule has 9 heteroatoms. The van der Waals surface area contributed by atoms with Crippen LogP contribution in [0.15, 0.2) is 48.5 Å². The molecule has 4 N–H and O–H groups in total. The number of imide groups is 1. The predicted molar refractivity (Wildman–Crippen MR) is 97.9 cm³/mol. The molecule has 0 unspecified atom stereocenters. The molecule has 0 saturated heterocycles. The van der Waals surface area contributed by atoms with Gasteiger partial charge in [0.2, 0.25) is 15.9 Å². The van der Waals surface area contributed by atoms with E-state index >= 15 is 0 Å². The Kier molecular flexibility index (Phi) is 5.28. The number of anilines is 4. The van der Waals surface area contributed by atoms with Crippen LogP contribution in [0.5, 0.6) is 0 Å². The predicted octanol–water partition coefficient (Wildman–Crippen LogP) is 2.23. The minimum Gasteiger partial charge on any atom is -0.399 e. The molecule has 2 rings (SSSR count). The third-order valence-corrected chi connectivity index (χ3v) is 3.72. The lowest BCUT2D eigenvalue weighted by molar-refractivity contribution is -0.115. The van der Waals surface area contributed by atoms with Crippen molar-refractivity contribution < 1.29 is 18.0 Å². The molecule has 3 amide bonds. The van der Waals surface area contributed by atoms with Gasteiger partial charge in [0.15, 0.2) is 0 Å². The summed E-state index contributed by atoms with van der Waals surface area (Å²) in [6, 6.07) is 11.7. The van der Waals surface area contributed by atoms with E-state index in [1.807, 2.05) is 0 Å². The summed E-state index contributed by atoms with van der Waals surface area (Å²) in [5.74, 6) is -0.461. The Bertz CT molecular complexity index is 877. The Hall–Kier alpha value is -3.07. The normalized spacial score (nSPS) is 10.8. The minimum atomic E-state index is -3.38. The van der Waals surface area contributed by atoms with Crippen LogP contribution in [0.25, 0.3) is 0 Å². The molecule has 0 atom stereocenters. The number of sulfonamides is 1. The first-order valence-electron chi connectivity index (χ1n) is 7.21. The Morgan fingerprint density at radius 2 is 1.48 bits per heavy atom. The molecule has 8 nitrogen and oxygen atoms in total. The molecule has 0 saturated carbocycles. The molecule has 0 aliphatic heterocycles. The van der Waals surface area contributed by atoms with E-state index in [2.05, 4.69) is 10.0 Å². The van der Waals surface area contributed by atoms with Gasteiger partial charge in [-0.1, -0.05) is 0 Å². The summed E-state index contributed by atoms with van der Waals surface area (Å²) in [5.41, 5.74) is 7.28. The molecular formula is C16H18N4O4S. The summed E-state index contributed by atoms with van der Waals surface area (Å²) in [6.07, 6.45) is 1.04. The van der Waals surface area contributed by atoms with Crippen LogP contribution in [-0.2, 0) is 14.8 Å². The smallest absolute Gasteiger partial charge is 0.333 e. The van der Waals surface area contributed by atoms with Crippen LogP contribution < -0.4 is 20.7 Å². The second-order valence-corrected chi connectivity index (χ2v) is 7.08. The maximum absolute atomic E-state index is 12.4. The summed E-state index contributed by atoms with van der Waals surface area (Å²) in [4.78, 5) is 25.2. The Balaban J connectivity index is 2.15. The molecule has 0 aliphatic rings. The fraction of sp³-hybridized carbons (Fsp3) is 0.125. The maximum atomic E-state index is 12.4. The SMILES string of the molecule is CC(=O)N(C(=O)Nc1ccc(NS(C)(=O)=O)cc1)c1ccc(N)cc1. The summed E-state index contributed by atoms with van der Waals surface area (Å²) in [5, 5.41) is 2.58. The number of nitrogens with two attached hydrogens (primary N) is 1. The van der Waals surface area contributed by atoms with Crippen molar-refractivity contribution in [2.75, 3.05) is 26.9 Å². The van der Waals surface area contributed by atoms with E-state index < -0.39 is 22.0 Å². The number of rotatable bonds is 4. The van der Waals surface area contributed by atoms with Crippen LogP contribution in [0.3, 0.4) is 0 Å². The van der Waals surface area contributed by atoms with Crippen molar-refractivity contribution in [1.82, 2.24) is 0 Å². The number of nitrogens with zero attached hydrogens (tertiary/aromatic N) is 1. The molecular weight excluding hydrogens is 344 g/mol. The number of nitrogen functional groups attached to an aromatic ring is 1. The highest BCUT2D eigenvalue weighted by atomic mass is 32.2. The van der Waals surface area contributed by atoms with Crippen molar-refractivity contribution in [3.63, 3.8) is 0 Å². The van der Waals surface area contributed by atoms with Gasteiger partial charge in [-0.15, -0.1) is 0 Å². The van der Waals surface area contributed by atoms with Crippen molar-refractivity contribution >= 4 is 44.7 Å². The molecule has 2 aromatic rings. The lowest BCUT2D eigenvalue weighted by atomic mass is 10.2. The lowest BCUT2D eigenvalue weighted by Crippen LogP contribution is -2.38. The highest BCUT2D eigenvalue weighted by Gasteiger charge is 2.20. The van der Waals surface area contributed by atoms with Crippen LogP contribution >= 0.6 is 0 Å². The molecule has 2 aromatic carbocycles. The van der Waals surface area contributed by atoms with Gasteiger partial charge < -0.3 is 11.1 Å². The number of benzene rings is 2. The zero-order valence-corrected chi connectivity index (χ0v) is 14.5. The number of amides is 3. The summed E-state index contributed by atoms with van der Waals surface area (Å²) in [7, 11) is -3.38. The second-order valence-electron chi connectivity index (χ2n) is 5.33. The van der Waals surface area contributed by atoms with E-state index in [1.165, 1.54) is 31.2 Å². The highest BCUT2D eigenvalue weighted by molar-refractivity contribution is 7.92. The van der Waals surface area contributed by atoms with E-state index in [-0.39, 0.29) is 0 Å². The molecule has 0 radical (unpaired) electrons. The van der Waals surface area contributed by atoms with Crippen molar-refractivity contribution in [1.29, 1.82) is 0 Å². The van der Waals surface area contributed by atoms with Gasteiger partial charge in [-0.05, 0) is 48.5 Å². The van der Waals surface area contributed by atoms with Gasteiger partial charge in [-0.2, -0.15) is 0 Å². The minimum absolute atomic E-state index is 0.363. The first kappa shape index (κ1) is 18.3. The van der Waals surface area contributed by atoms with Gasteiger partial charge in [0.25, 0.3) is 0 Å². The zero-order valence-electron chi connectivity index (χ0n) is 13.7. The Labute approximate surface area is 145 Å². The largest absolute Gasteiger partial charge is 0.399 e. The van der Waals surface area contributed by atoms with E-state index in [9.17, 15) is 18.0 Å². The molecule has 0 aromatic heterocycles. The Morgan fingerprint density at radius 1 is 0.960 bits per heavy atom. The van der Waals surface area contributed by atoms with Gasteiger partial charge in [0.05, 0.1) is 11.9 Å². The molecule has 132 valence electrons. The number of carbonyl (C=O) groups excluding carboxylic acids is 2. The molecule has 0 spiro atoms. The standard InChI is InChI=1S/C16H18N4O4S/c1-11(21)20(15-9-3-12(17)4-10-15)16(22)18-13-5-7-14(8-6-13)19-25(2,23)24/h3-10,19H,17H2,1-2H3,(H,18,22). The van der Waals surface area contributed by atoms with Gasteiger partial charge in [0.1, 0.15) is 0 Å². The monoisotopic (exact) mass is 362 g/mol. The number of hydrogen-bond donors (Lipinski definition) is 3. The third kappa shape index (κ3) is 5.21. The number of hydrogen-bond acceptors (Lipinski definition) is 5. The highest BCUT2D eigenvalue weighted by Crippen LogP contribution is 2.19. The van der Waals surface area contributed by atoms with Crippen LogP contribution in [0, 0.1) is 0 Å². The fourth-order valence-electron chi connectivity index (χ4n) is 2.08. The first-order valence-corrected chi connectivity index (χ1v) is 9.10. The average molecular weight is 362 g/mol.